The number of aromatic nitrogens is 3. The van der Waals surface area contributed by atoms with Gasteiger partial charge in [-0.1, -0.05) is 24.1 Å². The molecule has 152 valence electrons. The van der Waals surface area contributed by atoms with E-state index < -0.39 is 0 Å². The molecule has 0 spiro atoms. The SMILES string of the molecule is Cc1ccc(NC(=O)C[NH+](C)C/C(O)=C(\C#N)c2nnc3n2CCCCC3)cc1. The first kappa shape index (κ1) is 20.6. The summed E-state index contributed by atoms with van der Waals surface area (Å²) in [6.07, 6.45) is 4.00. The largest absolute Gasteiger partial charge is 0.506 e. The minimum atomic E-state index is -0.158. The molecule has 0 aliphatic carbocycles. The van der Waals surface area contributed by atoms with Crippen LogP contribution in [0.1, 0.15) is 36.5 Å². The molecule has 0 saturated carbocycles. The maximum Gasteiger partial charge on any atom is 0.279 e. The highest BCUT2D eigenvalue weighted by Gasteiger charge is 2.22. The van der Waals surface area contributed by atoms with Crippen LogP contribution < -0.4 is 10.2 Å². The van der Waals surface area contributed by atoms with Crippen LogP contribution in [0.15, 0.2) is 30.0 Å². The number of likely N-dealkylation sites (N-methyl/N-ethyl adjacent to an activating group) is 1. The Bertz CT molecular complexity index is 939. The Balaban J connectivity index is 1.66. The van der Waals surface area contributed by atoms with Crippen molar-refractivity contribution in [1.29, 1.82) is 5.26 Å². The van der Waals surface area contributed by atoms with Crippen LogP contribution in [-0.2, 0) is 17.8 Å². The lowest BCUT2D eigenvalue weighted by molar-refractivity contribution is -0.867. The Kier molecular flexibility index (Phi) is 6.62. The number of carbonyl (C=O) groups excluding carboxylic acids is 1. The molecule has 1 unspecified atom stereocenters. The normalized spacial score (nSPS) is 15.5. The molecule has 0 radical (unpaired) electrons. The second-order valence-electron chi connectivity index (χ2n) is 7.56. The lowest BCUT2D eigenvalue weighted by Gasteiger charge is -2.14. The van der Waals surface area contributed by atoms with E-state index in [1.54, 1.807) is 7.05 Å². The molecule has 1 atom stereocenters. The zero-order valence-corrected chi connectivity index (χ0v) is 16.9. The molecule has 0 bridgehead atoms. The molecule has 2 heterocycles. The second-order valence-corrected chi connectivity index (χ2v) is 7.56. The third-order valence-corrected chi connectivity index (χ3v) is 5.00. The Morgan fingerprint density at radius 1 is 1.24 bits per heavy atom. The maximum atomic E-state index is 12.3. The number of hydrogen-bond acceptors (Lipinski definition) is 5. The summed E-state index contributed by atoms with van der Waals surface area (Å²) in [4.78, 5) is 13.0. The molecule has 1 aromatic carbocycles. The highest BCUT2D eigenvalue weighted by atomic mass is 16.3. The van der Waals surface area contributed by atoms with Gasteiger partial charge in [0.1, 0.15) is 24.0 Å². The molecule has 8 nitrogen and oxygen atoms in total. The summed E-state index contributed by atoms with van der Waals surface area (Å²) in [7, 11) is 1.80. The van der Waals surface area contributed by atoms with Crippen molar-refractivity contribution >= 4 is 17.2 Å². The van der Waals surface area contributed by atoms with E-state index in [0.717, 1.165) is 54.2 Å². The lowest BCUT2D eigenvalue weighted by atomic mass is 10.2. The predicted molar refractivity (Wildman–Crippen MR) is 109 cm³/mol. The van der Waals surface area contributed by atoms with Crippen LogP contribution in [-0.4, -0.2) is 45.9 Å². The van der Waals surface area contributed by atoms with Gasteiger partial charge in [0.05, 0.1) is 7.05 Å². The van der Waals surface area contributed by atoms with Gasteiger partial charge in [0.25, 0.3) is 5.91 Å². The average Bonchev–Trinajstić information content (AvgIpc) is 2.92. The van der Waals surface area contributed by atoms with Crippen molar-refractivity contribution in [2.45, 2.75) is 39.2 Å². The van der Waals surface area contributed by atoms with Crippen LogP contribution in [0, 0.1) is 18.3 Å². The van der Waals surface area contributed by atoms with E-state index in [-0.39, 0.29) is 30.3 Å². The molecule has 2 aromatic rings. The standard InChI is InChI=1S/C21H26N6O2/c1-15-7-9-16(10-8-15)23-20(29)14-26(2)13-18(28)17(12-22)21-25-24-19-6-4-3-5-11-27(19)21/h7-10,28H,3-6,11,13-14H2,1-2H3,(H,23,29)/p+1/b18-17-. The van der Waals surface area contributed by atoms with Gasteiger partial charge >= 0.3 is 0 Å². The number of allylic oxidation sites excluding steroid dienone is 1. The number of quaternary nitrogens is 1. The molecular formula is C21H27N6O2+. The number of anilines is 1. The molecule has 1 amide bonds. The van der Waals surface area contributed by atoms with Crippen LogP contribution in [0.5, 0.6) is 0 Å². The van der Waals surface area contributed by atoms with Crippen molar-refractivity contribution in [3.05, 3.63) is 47.2 Å². The second kappa shape index (κ2) is 9.34. The van der Waals surface area contributed by atoms with Crippen molar-refractivity contribution in [2.75, 3.05) is 25.5 Å². The van der Waals surface area contributed by atoms with Crippen molar-refractivity contribution in [1.82, 2.24) is 14.8 Å². The molecular weight excluding hydrogens is 368 g/mol. The molecule has 29 heavy (non-hydrogen) atoms. The van der Waals surface area contributed by atoms with Crippen LogP contribution in [0.3, 0.4) is 0 Å². The quantitative estimate of drug-likeness (QED) is 0.504. The number of nitriles is 1. The molecule has 0 saturated heterocycles. The summed E-state index contributed by atoms with van der Waals surface area (Å²) >= 11 is 0. The van der Waals surface area contributed by atoms with Gasteiger partial charge in [-0.15, -0.1) is 10.2 Å². The van der Waals surface area contributed by atoms with Gasteiger partial charge in [0.2, 0.25) is 0 Å². The molecule has 1 aliphatic heterocycles. The van der Waals surface area contributed by atoms with Gasteiger partial charge in [0, 0.05) is 18.7 Å². The zero-order chi connectivity index (χ0) is 20.8. The monoisotopic (exact) mass is 395 g/mol. The highest BCUT2D eigenvalue weighted by molar-refractivity contribution is 5.91. The topological polar surface area (TPSA) is 108 Å². The maximum absolute atomic E-state index is 12.3. The number of nitrogens with zero attached hydrogens (tertiary/aromatic N) is 4. The predicted octanol–water partition coefficient (Wildman–Crippen LogP) is 1.26. The Hall–Kier alpha value is -3.18. The Morgan fingerprint density at radius 2 is 2.00 bits per heavy atom. The highest BCUT2D eigenvalue weighted by Crippen LogP contribution is 2.20. The molecule has 0 fully saturated rings. The number of carbonyl (C=O) groups is 1. The van der Waals surface area contributed by atoms with Gasteiger partial charge in [0.15, 0.2) is 18.1 Å². The van der Waals surface area contributed by atoms with E-state index in [1.165, 1.54) is 0 Å². The van der Waals surface area contributed by atoms with Crippen molar-refractivity contribution in [2.24, 2.45) is 0 Å². The first-order valence-electron chi connectivity index (χ1n) is 9.90. The number of aliphatic hydroxyl groups is 1. The number of amides is 1. The number of hydrogen-bond donors (Lipinski definition) is 3. The fourth-order valence-corrected chi connectivity index (χ4v) is 3.47. The van der Waals surface area contributed by atoms with Crippen molar-refractivity contribution < 1.29 is 14.8 Å². The van der Waals surface area contributed by atoms with Gasteiger partial charge in [-0.2, -0.15) is 5.26 Å². The fourth-order valence-electron chi connectivity index (χ4n) is 3.47. The van der Waals surface area contributed by atoms with E-state index in [1.807, 2.05) is 35.8 Å². The van der Waals surface area contributed by atoms with Crippen LogP contribution in [0.4, 0.5) is 5.69 Å². The number of aliphatic hydroxyl groups excluding tert-OH is 1. The molecule has 1 aliphatic rings. The van der Waals surface area contributed by atoms with E-state index in [2.05, 4.69) is 21.6 Å². The first-order valence-corrected chi connectivity index (χ1v) is 9.90. The summed E-state index contributed by atoms with van der Waals surface area (Å²) in [5.74, 6) is 1.04. The number of fused-ring (bicyclic) bond motifs is 1. The Labute approximate surface area is 170 Å². The fraction of sp³-hybridized carbons (Fsp3) is 0.429. The molecule has 8 heteroatoms. The summed E-state index contributed by atoms with van der Waals surface area (Å²) in [5.41, 5.74) is 1.98. The van der Waals surface area contributed by atoms with Crippen LogP contribution in [0.25, 0.3) is 5.57 Å². The van der Waals surface area contributed by atoms with Gasteiger partial charge in [-0.25, -0.2) is 0 Å². The third-order valence-electron chi connectivity index (χ3n) is 5.00. The first-order chi connectivity index (χ1) is 14.0. The van der Waals surface area contributed by atoms with Crippen molar-refractivity contribution in [3.8, 4) is 6.07 Å². The van der Waals surface area contributed by atoms with E-state index in [4.69, 9.17) is 0 Å². The van der Waals surface area contributed by atoms with E-state index in [9.17, 15) is 15.2 Å². The zero-order valence-electron chi connectivity index (χ0n) is 16.9. The minimum absolute atomic E-state index is 0.0763. The van der Waals surface area contributed by atoms with Gasteiger partial charge < -0.3 is 19.9 Å². The smallest absolute Gasteiger partial charge is 0.279 e. The van der Waals surface area contributed by atoms with Gasteiger partial charge in [-0.05, 0) is 31.9 Å². The molecule has 3 rings (SSSR count). The van der Waals surface area contributed by atoms with Gasteiger partial charge in [-0.3, -0.25) is 4.79 Å². The Morgan fingerprint density at radius 3 is 2.72 bits per heavy atom. The number of benzene rings is 1. The minimum Gasteiger partial charge on any atom is -0.506 e. The third kappa shape index (κ3) is 5.21. The van der Waals surface area contributed by atoms with E-state index in [0.29, 0.717) is 5.82 Å². The van der Waals surface area contributed by atoms with Crippen LogP contribution >= 0.6 is 0 Å². The molecule has 1 aromatic heterocycles. The van der Waals surface area contributed by atoms with E-state index >= 15 is 0 Å². The number of rotatable bonds is 6. The lowest BCUT2D eigenvalue weighted by Crippen LogP contribution is -3.10. The average molecular weight is 395 g/mol. The summed E-state index contributed by atoms with van der Waals surface area (Å²) in [6, 6.07) is 9.64. The van der Waals surface area contributed by atoms with Crippen LogP contribution in [0.2, 0.25) is 0 Å². The summed E-state index contributed by atoms with van der Waals surface area (Å²) in [6.45, 7) is 3.04. The molecule has 3 N–H and O–H groups in total. The summed E-state index contributed by atoms with van der Waals surface area (Å²) < 4.78 is 1.93. The number of aryl methyl sites for hydroxylation is 2. The van der Waals surface area contributed by atoms with Crippen molar-refractivity contribution in [3.63, 3.8) is 0 Å². The summed E-state index contributed by atoms with van der Waals surface area (Å²) in [5, 5.41) is 31.4. The number of nitrogens with one attached hydrogen (secondary N) is 2.